The average Bonchev–Trinajstić information content (AvgIpc) is 2.94. The third-order valence-electron chi connectivity index (χ3n) is 4.41. The van der Waals surface area contributed by atoms with Crippen LogP contribution in [-0.2, 0) is 9.47 Å². The van der Waals surface area contributed by atoms with Crippen LogP contribution >= 0.6 is 0 Å². The van der Waals surface area contributed by atoms with Crippen LogP contribution in [0.5, 0.6) is 0 Å². The van der Waals surface area contributed by atoms with E-state index in [4.69, 9.17) is 9.47 Å². The minimum Gasteiger partial charge on any atom is -0.443 e. The van der Waals surface area contributed by atoms with Gasteiger partial charge in [0.2, 0.25) is 0 Å². The second kappa shape index (κ2) is 7.10. The third kappa shape index (κ3) is 3.74. The number of hydrogen-bond donors (Lipinski definition) is 0. The lowest BCUT2D eigenvalue weighted by atomic mass is 10.0. The summed E-state index contributed by atoms with van der Waals surface area (Å²) in [6.07, 6.45) is 1.32. The molecule has 1 saturated heterocycles. The molecular weight excluding hydrogens is 330 g/mol. The molecule has 6 nitrogen and oxygen atoms in total. The molecule has 1 aliphatic rings. The molecule has 0 aliphatic carbocycles. The summed E-state index contributed by atoms with van der Waals surface area (Å²) in [7, 11) is 0. The molecule has 1 unspecified atom stereocenters. The van der Waals surface area contributed by atoms with Gasteiger partial charge in [0, 0.05) is 30.2 Å². The number of aryl methyl sites for hydroxylation is 1. The van der Waals surface area contributed by atoms with Gasteiger partial charge in [0.15, 0.2) is 0 Å². The Bertz CT molecular complexity index is 852. The molecule has 1 fully saturated rings. The average molecular weight is 355 g/mol. The molecule has 2 aromatic rings. The maximum atomic E-state index is 12.7. The van der Waals surface area contributed by atoms with E-state index in [9.17, 15) is 10.1 Å². The summed E-state index contributed by atoms with van der Waals surface area (Å²) in [5.74, 6) is 0. The van der Waals surface area contributed by atoms with Gasteiger partial charge in [-0.2, -0.15) is 5.26 Å². The summed E-state index contributed by atoms with van der Waals surface area (Å²) < 4.78 is 12.5. The van der Waals surface area contributed by atoms with Gasteiger partial charge in [-0.15, -0.1) is 0 Å². The van der Waals surface area contributed by atoms with Gasteiger partial charge in [0.25, 0.3) is 0 Å². The van der Waals surface area contributed by atoms with E-state index in [1.165, 1.54) is 4.57 Å². The highest BCUT2D eigenvalue weighted by Crippen LogP contribution is 2.31. The second-order valence-electron chi connectivity index (χ2n) is 7.64. The van der Waals surface area contributed by atoms with E-state index < -0.39 is 17.7 Å². The number of ether oxygens (including phenoxy) is 2. The molecule has 1 aromatic carbocycles. The van der Waals surface area contributed by atoms with Crippen LogP contribution in [0.1, 0.15) is 37.9 Å². The van der Waals surface area contributed by atoms with Crippen molar-refractivity contribution in [2.75, 3.05) is 26.3 Å². The minimum atomic E-state index is -0.587. The van der Waals surface area contributed by atoms with E-state index in [0.29, 0.717) is 26.3 Å². The number of benzene rings is 1. The van der Waals surface area contributed by atoms with Crippen LogP contribution in [0.25, 0.3) is 10.9 Å². The second-order valence-corrected chi connectivity index (χ2v) is 7.64. The van der Waals surface area contributed by atoms with E-state index in [1.807, 2.05) is 45.9 Å². The Hall–Kier alpha value is -2.36. The number of aromatic nitrogens is 1. The predicted molar refractivity (Wildman–Crippen MR) is 99.1 cm³/mol. The molecule has 6 heteroatoms. The van der Waals surface area contributed by atoms with Crippen molar-refractivity contribution in [1.29, 1.82) is 5.26 Å². The van der Waals surface area contributed by atoms with Gasteiger partial charge in [-0.05, 0) is 39.3 Å². The molecule has 0 N–H and O–H groups in total. The molecule has 0 amide bonds. The number of nitriles is 1. The molecule has 1 aliphatic heterocycles. The number of hydrogen-bond acceptors (Lipinski definition) is 5. The van der Waals surface area contributed by atoms with Crippen LogP contribution in [0.2, 0.25) is 0 Å². The third-order valence-corrected chi connectivity index (χ3v) is 4.41. The molecule has 1 aromatic heterocycles. The fraction of sp³-hybridized carbons (Fsp3) is 0.500. The molecule has 3 rings (SSSR count). The Kier molecular flexibility index (Phi) is 5.03. The van der Waals surface area contributed by atoms with Crippen molar-refractivity contribution in [2.24, 2.45) is 0 Å². The van der Waals surface area contributed by atoms with Crippen molar-refractivity contribution < 1.29 is 14.3 Å². The SMILES string of the molecule is Cc1ccc2c(C(C#N)N3CCOCC3)cn(C(=O)OC(C)(C)C)c2c1. The van der Waals surface area contributed by atoms with E-state index in [2.05, 4.69) is 11.0 Å². The zero-order chi connectivity index (χ0) is 18.9. The molecule has 0 bridgehead atoms. The number of fused-ring (bicyclic) bond motifs is 1. The summed E-state index contributed by atoms with van der Waals surface area (Å²) in [6, 6.07) is 7.91. The number of nitrogens with zero attached hydrogens (tertiary/aromatic N) is 3. The largest absolute Gasteiger partial charge is 0.443 e. The van der Waals surface area contributed by atoms with Crippen molar-refractivity contribution in [3.63, 3.8) is 0 Å². The van der Waals surface area contributed by atoms with Crippen molar-refractivity contribution >= 4 is 17.0 Å². The van der Waals surface area contributed by atoms with Crippen molar-refractivity contribution in [3.05, 3.63) is 35.5 Å². The van der Waals surface area contributed by atoms with Crippen LogP contribution in [0.3, 0.4) is 0 Å². The van der Waals surface area contributed by atoms with Crippen LogP contribution in [0, 0.1) is 18.3 Å². The van der Waals surface area contributed by atoms with E-state index in [-0.39, 0.29) is 0 Å². The smallest absolute Gasteiger partial charge is 0.419 e. The zero-order valence-corrected chi connectivity index (χ0v) is 15.8. The molecule has 2 heterocycles. The maximum absolute atomic E-state index is 12.7. The first-order chi connectivity index (χ1) is 12.3. The Morgan fingerprint density at radius 3 is 2.62 bits per heavy atom. The Balaban J connectivity index is 2.08. The summed E-state index contributed by atoms with van der Waals surface area (Å²) in [5, 5.41) is 10.7. The van der Waals surface area contributed by atoms with Crippen LogP contribution in [0.15, 0.2) is 24.4 Å². The Morgan fingerprint density at radius 1 is 1.31 bits per heavy atom. The van der Waals surface area contributed by atoms with Gasteiger partial charge in [-0.1, -0.05) is 12.1 Å². The summed E-state index contributed by atoms with van der Waals surface area (Å²) in [6.45, 7) is 10.1. The highest BCUT2D eigenvalue weighted by molar-refractivity contribution is 5.93. The lowest BCUT2D eigenvalue weighted by Crippen LogP contribution is -2.38. The van der Waals surface area contributed by atoms with Gasteiger partial charge >= 0.3 is 6.09 Å². The normalized spacial score (nSPS) is 17.0. The van der Waals surface area contributed by atoms with Gasteiger partial charge in [-0.3, -0.25) is 9.47 Å². The van der Waals surface area contributed by atoms with Crippen molar-refractivity contribution in [3.8, 4) is 6.07 Å². The molecular formula is C20H25N3O3. The first-order valence-electron chi connectivity index (χ1n) is 8.86. The summed E-state index contributed by atoms with van der Waals surface area (Å²) in [5.41, 5.74) is 2.06. The summed E-state index contributed by atoms with van der Waals surface area (Å²) in [4.78, 5) is 14.8. The van der Waals surface area contributed by atoms with Crippen LogP contribution in [-0.4, -0.2) is 47.5 Å². The monoisotopic (exact) mass is 355 g/mol. The minimum absolute atomic E-state index is 0.423. The predicted octanol–water partition coefficient (Wildman–Crippen LogP) is 3.63. The quantitative estimate of drug-likeness (QED) is 0.823. The lowest BCUT2D eigenvalue weighted by molar-refractivity contribution is 0.0267. The Morgan fingerprint density at radius 2 is 2.00 bits per heavy atom. The number of carbonyl (C=O) groups excluding carboxylic acids is 1. The van der Waals surface area contributed by atoms with Gasteiger partial charge in [-0.25, -0.2) is 4.79 Å². The van der Waals surface area contributed by atoms with Crippen molar-refractivity contribution in [2.45, 2.75) is 39.3 Å². The van der Waals surface area contributed by atoms with Gasteiger partial charge < -0.3 is 9.47 Å². The van der Waals surface area contributed by atoms with E-state index in [1.54, 1.807) is 6.20 Å². The number of carbonyl (C=O) groups is 1. The lowest BCUT2D eigenvalue weighted by Gasteiger charge is -2.30. The summed E-state index contributed by atoms with van der Waals surface area (Å²) >= 11 is 0. The van der Waals surface area contributed by atoms with Gasteiger partial charge in [0.1, 0.15) is 11.6 Å². The van der Waals surface area contributed by atoms with Crippen LogP contribution in [0.4, 0.5) is 4.79 Å². The standard InChI is InChI=1S/C20H25N3O3/c1-14-5-6-15-16(18(12-21)22-7-9-25-10-8-22)13-23(17(15)11-14)19(24)26-20(2,3)4/h5-6,11,13,18H,7-10H2,1-4H3. The molecule has 0 spiro atoms. The topological polar surface area (TPSA) is 67.5 Å². The molecule has 1 atom stereocenters. The Labute approximate surface area is 153 Å². The zero-order valence-electron chi connectivity index (χ0n) is 15.8. The number of rotatable bonds is 2. The highest BCUT2D eigenvalue weighted by Gasteiger charge is 2.28. The highest BCUT2D eigenvalue weighted by atomic mass is 16.6. The molecule has 138 valence electrons. The fourth-order valence-corrected chi connectivity index (χ4v) is 3.23. The van der Waals surface area contributed by atoms with Gasteiger partial charge in [0.05, 0.1) is 24.8 Å². The number of morpholine rings is 1. The maximum Gasteiger partial charge on any atom is 0.419 e. The molecule has 0 saturated carbocycles. The van der Waals surface area contributed by atoms with E-state index in [0.717, 1.165) is 22.0 Å². The molecule has 0 radical (unpaired) electrons. The fourth-order valence-electron chi connectivity index (χ4n) is 3.23. The first-order valence-corrected chi connectivity index (χ1v) is 8.86. The van der Waals surface area contributed by atoms with E-state index >= 15 is 0 Å². The van der Waals surface area contributed by atoms with Crippen LogP contribution < -0.4 is 0 Å². The molecule has 26 heavy (non-hydrogen) atoms. The van der Waals surface area contributed by atoms with Crippen molar-refractivity contribution in [1.82, 2.24) is 9.47 Å². The first kappa shape index (κ1) is 18.4.